The average Bonchev–Trinajstić information content (AvgIpc) is 3.17. The molecule has 2 aromatic heterocycles. The molecule has 0 aliphatic carbocycles. The molecule has 23 heavy (non-hydrogen) atoms. The summed E-state index contributed by atoms with van der Waals surface area (Å²) in [7, 11) is 0. The van der Waals surface area contributed by atoms with Gasteiger partial charge in [0.2, 0.25) is 0 Å². The molecule has 3 aromatic rings. The summed E-state index contributed by atoms with van der Waals surface area (Å²) in [6.45, 7) is 0.105. The Kier molecular flexibility index (Phi) is 4.32. The number of benzene rings is 1. The van der Waals surface area contributed by atoms with Crippen LogP contribution in [0, 0.1) is 0 Å². The van der Waals surface area contributed by atoms with Crippen molar-refractivity contribution in [3.05, 3.63) is 51.6 Å². The monoisotopic (exact) mass is 355 g/mol. The third-order valence-corrected chi connectivity index (χ3v) is 4.27. The Balaban J connectivity index is 1.63. The van der Waals surface area contributed by atoms with E-state index in [0.717, 1.165) is 27.8 Å². The third kappa shape index (κ3) is 3.20. The summed E-state index contributed by atoms with van der Waals surface area (Å²) in [5.41, 5.74) is 2.54. The molecule has 0 saturated heterocycles. The second-order valence-corrected chi connectivity index (χ2v) is 6.11. The van der Waals surface area contributed by atoms with E-state index in [0.29, 0.717) is 11.4 Å². The second-order valence-electron chi connectivity index (χ2n) is 4.96. The minimum Gasteiger partial charge on any atom is -0.361 e. The number of hydrogen-bond donors (Lipinski definition) is 2. The highest BCUT2D eigenvalue weighted by Crippen LogP contribution is 2.27. The van der Waals surface area contributed by atoms with Crippen molar-refractivity contribution in [3.8, 4) is 0 Å². The molecule has 3 rings (SSSR count). The van der Waals surface area contributed by atoms with Gasteiger partial charge in [0.05, 0.1) is 5.51 Å². The summed E-state index contributed by atoms with van der Waals surface area (Å²) >= 11 is 6.93. The normalized spacial score (nSPS) is 11.8. The first-order valence-corrected chi connectivity index (χ1v) is 8.11. The van der Waals surface area contributed by atoms with Gasteiger partial charge < -0.3 is 10.3 Å². The van der Waals surface area contributed by atoms with E-state index in [2.05, 4.69) is 15.3 Å². The highest BCUT2D eigenvalue weighted by molar-refractivity contribution is 7.07. The summed E-state index contributed by atoms with van der Waals surface area (Å²) < 4.78 is 27.7. The number of nitrogens with one attached hydrogen (secondary N) is 2. The van der Waals surface area contributed by atoms with Crippen molar-refractivity contribution in [2.45, 2.75) is 12.3 Å². The van der Waals surface area contributed by atoms with Crippen LogP contribution >= 0.6 is 22.9 Å². The van der Waals surface area contributed by atoms with Gasteiger partial charge in [-0.2, -0.15) is 8.78 Å². The third-order valence-electron chi connectivity index (χ3n) is 3.45. The molecule has 1 aromatic carbocycles. The lowest BCUT2D eigenvalue weighted by atomic mass is 10.1. The maximum atomic E-state index is 13.9. The molecule has 0 aliphatic rings. The zero-order valence-corrected chi connectivity index (χ0v) is 13.3. The molecule has 1 amide bonds. The lowest BCUT2D eigenvalue weighted by Gasteiger charge is -2.13. The topological polar surface area (TPSA) is 57.8 Å². The zero-order chi connectivity index (χ0) is 16.4. The summed E-state index contributed by atoms with van der Waals surface area (Å²) in [6.07, 6.45) is 2.21. The Morgan fingerprint density at radius 1 is 1.43 bits per heavy atom. The summed E-state index contributed by atoms with van der Waals surface area (Å²) in [5.74, 6) is -4.96. The molecular weight excluding hydrogens is 344 g/mol. The largest absolute Gasteiger partial charge is 0.366 e. The van der Waals surface area contributed by atoms with Crippen molar-refractivity contribution in [1.82, 2.24) is 15.3 Å². The van der Waals surface area contributed by atoms with Crippen molar-refractivity contribution < 1.29 is 13.6 Å². The van der Waals surface area contributed by atoms with Crippen LogP contribution in [-0.4, -0.2) is 22.4 Å². The number of fused-ring (bicyclic) bond motifs is 1. The fourth-order valence-corrected chi connectivity index (χ4v) is 3.02. The average molecular weight is 356 g/mol. The number of H-pyrrole nitrogens is 1. The Labute approximate surface area is 139 Å². The van der Waals surface area contributed by atoms with Crippen LogP contribution in [0.25, 0.3) is 10.9 Å². The number of carbonyl (C=O) groups is 1. The van der Waals surface area contributed by atoms with Crippen LogP contribution in [0.15, 0.2) is 35.3 Å². The maximum absolute atomic E-state index is 13.9. The molecule has 8 heteroatoms. The van der Waals surface area contributed by atoms with E-state index in [1.165, 1.54) is 10.9 Å². The Morgan fingerprint density at radius 2 is 2.26 bits per heavy atom. The molecule has 2 N–H and O–H groups in total. The highest BCUT2D eigenvalue weighted by atomic mass is 35.5. The predicted octanol–water partition coefficient (Wildman–Crippen LogP) is 3.73. The van der Waals surface area contributed by atoms with E-state index in [1.54, 1.807) is 18.3 Å². The minimum absolute atomic E-state index is 0.105. The van der Waals surface area contributed by atoms with Gasteiger partial charge in [-0.3, -0.25) is 4.79 Å². The van der Waals surface area contributed by atoms with E-state index in [4.69, 9.17) is 11.6 Å². The first kappa shape index (κ1) is 15.9. The van der Waals surface area contributed by atoms with Crippen molar-refractivity contribution >= 4 is 39.7 Å². The van der Waals surface area contributed by atoms with Gasteiger partial charge in [-0.05, 0) is 24.1 Å². The SMILES string of the molecule is O=C(NCCc1c[nH]c2cc(Cl)ccc12)C(F)(F)c1cscn1. The summed E-state index contributed by atoms with van der Waals surface area (Å²) in [4.78, 5) is 18.3. The van der Waals surface area contributed by atoms with Crippen LogP contribution in [0.5, 0.6) is 0 Å². The van der Waals surface area contributed by atoms with E-state index in [1.807, 2.05) is 6.07 Å². The molecular formula is C15H12ClF2N3OS. The molecule has 0 saturated carbocycles. The van der Waals surface area contributed by atoms with E-state index >= 15 is 0 Å². The van der Waals surface area contributed by atoms with Crippen molar-refractivity contribution in [3.63, 3.8) is 0 Å². The van der Waals surface area contributed by atoms with Gasteiger partial charge in [0.1, 0.15) is 5.69 Å². The molecule has 4 nitrogen and oxygen atoms in total. The van der Waals surface area contributed by atoms with Crippen LogP contribution in [0.2, 0.25) is 5.02 Å². The molecule has 0 spiro atoms. The van der Waals surface area contributed by atoms with E-state index in [-0.39, 0.29) is 6.54 Å². The smallest absolute Gasteiger partial charge is 0.361 e. The lowest BCUT2D eigenvalue weighted by molar-refractivity contribution is -0.147. The van der Waals surface area contributed by atoms with Gasteiger partial charge in [-0.25, -0.2) is 4.98 Å². The number of alkyl halides is 2. The standard InChI is InChI=1S/C15H12ClF2N3OS/c16-10-1-2-11-9(6-20-12(11)5-10)3-4-19-14(22)15(17,18)13-7-23-8-21-13/h1-2,5-8,20H,3-4H2,(H,19,22). The number of rotatable bonds is 5. The molecule has 120 valence electrons. The van der Waals surface area contributed by atoms with Crippen LogP contribution in [0.3, 0.4) is 0 Å². The molecule has 0 bridgehead atoms. The maximum Gasteiger partial charge on any atom is 0.366 e. The van der Waals surface area contributed by atoms with Crippen LogP contribution in [0.4, 0.5) is 8.78 Å². The van der Waals surface area contributed by atoms with E-state index < -0.39 is 17.5 Å². The Bertz CT molecular complexity index is 832. The second kappa shape index (κ2) is 6.25. The van der Waals surface area contributed by atoms with E-state index in [9.17, 15) is 13.6 Å². The summed E-state index contributed by atoms with van der Waals surface area (Å²) in [6, 6.07) is 5.40. The number of hydrogen-bond acceptors (Lipinski definition) is 3. The van der Waals surface area contributed by atoms with Gasteiger partial charge in [0, 0.05) is 34.0 Å². The fraction of sp³-hybridized carbons (Fsp3) is 0.200. The number of halogens is 3. The Morgan fingerprint density at radius 3 is 3.00 bits per heavy atom. The molecule has 0 atom stereocenters. The fourth-order valence-electron chi connectivity index (χ4n) is 2.27. The van der Waals surface area contributed by atoms with Crippen molar-refractivity contribution in [2.24, 2.45) is 0 Å². The van der Waals surface area contributed by atoms with Crippen molar-refractivity contribution in [2.75, 3.05) is 6.54 Å². The predicted molar refractivity (Wildman–Crippen MR) is 86.0 cm³/mol. The quantitative estimate of drug-likeness (QED) is 0.732. The highest BCUT2D eigenvalue weighted by Gasteiger charge is 2.42. The van der Waals surface area contributed by atoms with Crippen LogP contribution in [-0.2, 0) is 17.1 Å². The van der Waals surface area contributed by atoms with Crippen LogP contribution < -0.4 is 5.32 Å². The minimum atomic E-state index is -3.62. The van der Waals surface area contributed by atoms with Gasteiger partial charge in [0.15, 0.2) is 0 Å². The van der Waals surface area contributed by atoms with Crippen molar-refractivity contribution in [1.29, 1.82) is 0 Å². The lowest BCUT2D eigenvalue weighted by Crippen LogP contribution is -2.39. The Hall–Kier alpha value is -1.99. The van der Waals surface area contributed by atoms with Crippen LogP contribution in [0.1, 0.15) is 11.3 Å². The first-order valence-electron chi connectivity index (χ1n) is 6.79. The zero-order valence-electron chi connectivity index (χ0n) is 11.8. The molecule has 2 heterocycles. The van der Waals surface area contributed by atoms with Gasteiger partial charge in [-0.15, -0.1) is 11.3 Å². The number of thiazole rings is 1. The molecule has 0 fully saturated rings. The van der Waals surface area contributed by atoms with Gasteiger partial charge >= 0.3 is 5.92 Å². The summed E-state index contributed by atoms with van der Waals surface area (Å²) in [5, 5.41) is 5.00. The van der Waals surface area contributed by atoms with Gasteiger partial charge in [-0.1, -0.05) is 17.7 Å². The molecule has 0 radical (unpaired) electrons. The first-order chi connectivity index (χ1) is 11.0. The number of aromatic amines is 1. The van der Waals surface area contributed by atoms with Gasteiger partial charge in [0.25, 0.3) is 5.91 Å². The number of amides is 1. The number of carbonyl (C=O) groups excluding carboxylic acids is 1. The molecule has 0 unspecified atom stereocenters. The number of nitrogens with zero attached hydrogens (tertiary/aromatic N) is 1. The molecule has 0 aliphatic heterocycles. The number of aromatic nitrogens is 2.